The van der Waals surface area contributed by atoms with Gasteiger partial charge in [0, 0.05) is 12.8 Å². The zero-order valence-corrected chi connectivity index (χ0v) is 16.8. The van der Waals surface area contributed by atoms with E-state index in [4.69, 9.17) is 35.9 Å². The van der Waals surface area contributed by atoms with Crippen molar-refractivity contribution in [3.05, 3.63) is 29.0 Å². The molecule has 27 heavy (non-hydrogen) atoms. The second-order valence-electron chi connectivity index (χ2n) is 5.66. The van der Waals surface area contributed by atoms with E-state index in [1.165, 1.54) is 21.3 Å². The summed E-state index contributed by atoms with van der Waals surface area (Å²) in [6.45, 7) is 2.23. The molecule has 1 aromatic carbocycles. The quantitative estimate of drug-likeness (QED) is 0.387. The molecule has 148 valence electrons. The Hall–Kier alpha value is -2.52. The van der Waals surface area contributed by atoms with Gasteiger partial charge in [-0.2, -0.15) is 0 Å². The first-order valence-electron chi connectivity index (χ1n) is 8.21. The van der Waals surface area contributed by atoms with E-state index in [1.807, 2.05) is 0 Å². The van der Waals surface area contributed by atoms with Crippen molar-refractivity contribution in [3.63, 3.8) is 0 Å². The molecule has 1 aromatic rings. The molecular formula is C18H24N2O6S. The van der Waals surface area contributed by atoms with Gasteiger partial charge in [-0.25, -0.2) is 4.79 Å². The van der Waals surface area contributed by atoms with E-state index in [0.717, 1.165) is 0 Å². The van der Waals surface area contributed by atoms with Crippen LogP contribution in [0.3, 0.4) is 0 Å². The maximum atomic E-state index is 12.7. The molecule has 2 rings (SSSR count). The number of carbonyl (C=O) groups is 1. The smallest absolute Gasteiger partial charge is 0.338 e. The van der Waals surface area contributed by atoms with E-state index in [9.17, 15) is 4.79 Å². The van der Waals surface area contributed by atoms with Gasteiger partial charge in [-0.1, -0.05) is 0 Å². The molecule has 0 unspecified atom stereocenters. The number of nitrogens with one attached hydrogen (secondary N) is 2. The van der Waals surface area contributed by atoms with E-state index in [-0.39, 0.29) is 6.61 Å². The summed E-state index contributed by atoms with van der Waals surface area (Å²) in [5.41, 5.74) is 1.74. The fourth-order valence-corrected chi connectivity index (χ4v) is 3.05. The average molecular weight is 396 g/mol. The van der Waals surface area contributed by atoms with Crippen molar-refractivity contribution in [2.24, 2.45) is 0 Å². The highest BCUT2D eigenvalue weighted by molar-refractivity contribution is 7.80. The number of methoxy groups -OCH3 is 4. The van der Waals surface area contributed by atoms with Gasteiger partial charge in [-0.15, -0.1) is 0 Å². The number of esters is 1. The van der Waals surface area contributed by atoms with Gasteiger partial charge in [-0.05, 0) is 36.8 Å². The second-order valence-corrected chi connectivity index (χ2v) is 6.07. The second kappa shape index (κ2) is 9.43. The van der Waals surface area contributed by atoms with Crippen LogP contribution in [-0.2, 0) is 14.3 Å². The summed E-state index contributed by atoms with van der Waals surface area (Å²) in [6, 6.07) is 2.99. The van der Waals surface area contributed by atoms with E-state index in [2.05, 4.69) is 10.6 Å². The molecule has 2 N–H and O–H groups in total. The monoisotopic (exact) mass is 396 g/mol. The minimum absolute atomic E-state index is 0.151. The van der Waals surface area contributed by atoms with Crippen LogP contribution in [-0.4, -0.2) is 52.7 Å². The molecule has 0 bridgehead atoms. The van der Waals surface area contributed by atoms with Gasteiger partial charge in [0.25, 0.3) is 0 Å². The third-order valence-corrected chi connectivity index (χ3v) is 4.25. The molecule has 1 atom stereocenters. The van der Waals surface area contributed by atoms with Crippen molar-refractivity contribution in [3.8, 4) is 17.2 Å². The van der Waals surface area contributed by atoms with Crippen LogP contribution in [0, 0.1) is 0 Å². The van der Waals surface area contributed by atoms with Gasteiger partial charge in [0.05, 0.1) is 39.6 Å². The van der Waals surface area contributed by atoms with Crippen molar-refractivity contribution in [1.29, 1.82) is 0 Å². The molecule has 0 amide bonds. The highest BCUT2D eigenvalue weighted by atomic mass is 32.1. The minimum Gasteiger partial charge on any atom is -0.493 e. The molecule has 0 saturated heterocycles. The summed E-state index contributed by atoms with van der Waals surface area (Å²) in [6.07, 6.45) is 0. The Morgan fingerprint density at radius 3 is 2.22 bits per heavy atom. The highest BCUT2D eigenvalue weighted by Gasteiger charge is 2.32. The number of thiocarbonyl (C=S) groups is 1. The Kier molecular flexibility index (Phi) is 7.26. The van der Waals surface area contributed by atoms with Crippen molar-refractivity contribution < 1.29 is 28.5 Å². The first-order chi connectivity index (χ1) is 13.0. The Labute approximate surface area is 163 Å². The normalized spacial score (nSPS) is 16.3. The van der Waals surface area contributed by atoms with Gasteiger partial charge in [0.15, 0.2) is 16.6 Å². The predicted molar refractivity (Wildman–Crippen MR) is 103 cm³/mol. The zero-order chi connectivity index (χ0) is 20.0. The fraction of sp³-hybridized carbons (Fsp3) is 0.444. The Bertz CT molecular complexity index is 724. The minimum atomic E-state index is -0.539. The van der Waals surface area contributed by atoms with Gasteiger partial charge < -0.3 is 34.3 Å². The summed E-state index contributed by atoms with van der Waals surface area (Å²) >= 11 is 5.26. The van der Waals surface area contributed by atoms with Crippen LogP contribution in [0.25, 0.3) is 0 Å². The van der Waals surface area contributed by atoms with Crippen molar-refractivity contribution >= 4 is 23.3 Å². The molecule has 8 nitrogen and oxygen atoms in total. The third-order valence-electron chi connectivity index (χ3n) is 4.03. The number of rotatable bonds is 8. The largest absolute Gasteiger partial charge is 0.493 e. The molecular weight excluding hydrogens is 372 g/mol. The summed E-state index contributed by atoms with van der Waals surface area (Å²) in [5, 5.41) is 6.47. The first kappa shape index (κ1) is 20.8. The standard InChI is InChI=1S/C18H24N2O6S/c1-10-14(17(21)26-7-6-22-2)15(20-18(27)19-10)11-8-12(23-3)16(25-5)13(9-11)24-4/h8-9,15H,6-7H2,1-5H3,(H2,19,20,27)/t15-/m1/s1. The third kappa shape index (κ3) is 4.61. The van der Waals surface area contributed by atoms with Crippen molar-refractivity contribution in [1.82, 2.24) is 10.6 Å². The summed E-state index contributed by atoms with van der Waals surface area (Å²) in [4.78, 5) is 12.7. The molecule has 0 aliphatic carbocycles. The van der Waals surface area contributed by atoms with Crippen LogP contribution >= 0.6 is 12.2 Å². The molecule has 0 fully saturated rings. The number of allylic oxidation sites excluding steroid dienone is 1. The van der Waals surface area contributed by atoms with Crippen LogP contribution in [0.15, 0.2) is 23.4 Å². The molecule has 1 aliphatic rings. The van der Waals surface area contributed by atoms with Crippen LogP contribution < -0.4 is 24.8 Å². The molecule has 0 saturated carbocycles. The maximum Gasteiger partial charge on any atom is 0.338 e. The lowest BCUT2D eigenvalue weighted by Crippen LogP contribution is -2.45. The lowest BCUT2D eigenvalue weighted by atomic mass is 9.95. The Morgan fingerprint density at radius 2 is 1.70 bits per heavy atom. The van der Waals surface area contributed by atoms with Crippen LogP contribution in [0.1, 0.15) is 18.5 Å². The fourth-order valence-electron chi connectivity index (χ4n) is 2.78. The molecule has 9 heteroatoms. The topological polar surface area (TPSA) is 87.3 Å². The van der Waals surface area contributed by atoms with Gasteiger partial charge in [-0.3, -0.25) is 0 Å². The molecule has 0 aromatic heterocycles. The zero-order valence-electron chi connectivity index (χ0n) is 16.0. The van der Waals surface area contributed by atoms with E-state index >= 15 is 0 Å². The number of ether oxygens (including phenoxy) is 5. The molecule has 0 radical (unpaired) electrons. The SMILES string of the molecule is COCCOC(=O)C1=C(C)NC(=S)N[C@@H]1c1cc(OC)c(OC)c(OC)c1. The average Bonchev–Trinajstić information content (AvgIpc) is 2.66. The Balaban J connectivity index is 2.48. The van der Waals surface area contributed by atoms with Crippen molar-refractivity contribution in [2.75, 3.05) is 41.7 Å². The van der Waals surface area contributed by atoms with Gasteiger partial charge in [0.2, 0.25) is 5.75 Å². The highest BCUT2D eigenvalue weighted by Crippen LogP contribution is 2.41. The van der Waals surface area contributed by atoms with E-state index in [1.54, 1.807) is 26.2 Å². The Morgan fingerprint density at radius 1 is 1.07 bits per heavy atom. The lowest BCUT2D eigenvalue weighted by molar-refractivity contribution is -0.140. The van der Waals surface area contributed by atoms with E-state index < -0.39 is 12.0 Å². The summed E-state index contributed by atoms with van der Waals surface area (Å²) < 4.78 is 26.4. The summed E-state index contributed by atoms with van der Waals surface area (Å²) in [7, 11) is 6.13. The van der Waals surface area contributed by atoms with Crippen LogP contribution in [0.5, 0.6) is 17.2 Å². The number of benzene rings is 1. The van der Waals surface area contributed by atoms with Crippen molar-refractivity contribution in [2.45, 2.75) is 13.0 Å². The van der Waals surface area contributed by atoms with Crippen LogP contribution in [0.4, 0.5) is 0 Å². The number of carbonyl (C=O) groups excluding carboxylic acids is 1. The predicted octanol–water partition coefficient (Wildman–Crippen LogP) is 1.69. The maximum absolute atomic E-state index is 12.7. The molecule has 1 heterocycles. The lowest BCUT2D eigenvalue weighted by Gasteiger charge is -2.30. The number of hydrogen-bond donors (Lipinski definition) is 2. The first-order valence-corrected chi connectivity index (χ1v) is 8.61. The van der Waals surface area contributed by atoms with Crippen LogP contribution in [0.2, 0.25) is 0 Å². The van der Waals surface area contributed by atoms with Gasteiger partial charge >= 0.3 is 5.97 Å². The molecule has 0 spiro atoms. The van der Waals surface area contributed by atoms with E-state index in [0.29, 0.717) is 45.8 Å². The molecule has 1 aliphatic heterocycles. The van der Waals surface area contributed by atoms with Gasteiger partial charge in [0.1, 0.15) is 6.61 Å². The summed E-state index contributed by atoms with van der Waals surface area (Å²) in [5.74, 6) is 0.946. The number of hydrogen-bond acceptors (Lipinski definition) is 7.